The van der Waals surface area contributed by atoms with Gasteiger partial charge in [0.25, 0.3) is 0 Å². The summed E-state index contributed by atoms with van der Waals surface area (Å²) < 4.78 is 4.40. The van der Waals surface area contributed by atoms with E-state index in [4.69, 9.17) is 0 Å². The minimum absolute atomic E-state index is 0.200. The molecule has 2 aliphatic carbocycles. The van der Waals surface area contributed by atoms with Gasteiger partial charge in [0.2, 0.25) is 0 Å². The van der Waals surface area contributed by atoms with Crippen LogP contribution in [0.3, 0.4) is 0 Å². The number of hydrogen-bond acceptors (Lipinski definition) is 4. The summed E-state index contributed by atoms with van der Waals surface area (Å²) in [4.78, 5) is 15.8. The molecule has 45 heavy (non-hydrogen) atoms. The largest absolute Gasteiger partial charge is 0.329 e. The van der Waals surface area contributed by atoms with Crippen molar-refractivity contribution < 1.29 is 0 Å². The van der Waals surface area contributed by atoms with Crippen molar-refractivity contribution in [3.8, 4) is 5.69 Å². The van der Waals surface area contributed by atoms with Gasteiger partial charge in [-0.15, -0.1) is 5.73 Å². The number of benzene rings is 2. The van der Waals surface area contributed by atoms with E-state index in [1.165, 1.54) is 28.0 Å². The van der Waals surface area contributed by atoms with Gasteiger partial charge in [-0.1, -0.05) is 55.5 Å². The third-order valence-corrected chi connectivity index (χ3v) is 9.10. The molecule has 2 aromatic carbocycles. The van der Waals surface area contributed by atoms with E-state index in [0.717, 1.165) is 53.8 Å². The van der Waals surface area contributed by atoms with Crippen molar-refractivity contribution in [2.75, 3.05) is 18.0 Å². The number of allylic oxidation sites excluding steroid dienone is 9. The molecule has 6 heteroatoms. The first kappa shape index (κ1) is 28.6. The second kappa shape index (κ2) is 12.1. The van der Waals surface area contributed by atoms with Gasteiger partial charge in [-0.25, -0.2) is 9.97 Å². The summed E-state index contributed by atoms with van der Waals surface area (Å²) in [6.45, 7) is 10.3. The Morgan fingerprint density at radius 3 is 2.51 bits per heavy atom. The molecule has 0 amide bonds. The van der Waals surface area contributed by atoms with Crippen LogP contribution < -0.4 is 4.90 Å². The number of aliphatic imine (C=N–C) groups is 1. The number of aryl methyl sites for hydroxylation is 2. The Hall–Kier alpha value is -5.19. The van der Waals surface area contributed by atoms with Crippen LogP contribution in [0, 0.1) is 19.8 Å². The van der Waals surface area contributed by atoms with E-state index in [9.17, 15) is 0 Å². The highest BCUT2D eigenvalue weighted by molar-refractivity contribution is 5.98. The van der Waals surface area contributed by atoms with Gasteiger partial charge in [0, 0.05) is 54.2 Å². The Morgan fingerprint density at radius 1 is 0.911 bits per heavy atom. The van der Waals surface area contributed by atoms with Crippen LogP contribution in [0.1, 0.15) is 42.7 Å². The smallest absolute Gasteiger partial charge is 0.110 e. The number of aromatic nitrogens is 4. The zero-order valence-corrected chi connectivity index (χ0v) is 26.4. The normalized spacial score (nSPS) is 19.6. The molecule has 0 radical (unpaired) electrons. The maximum atomic E-state index is 4.61. The predicted molar refractivity (Wildman–Crippen MR) is 184 cm³/mol. The molecule has 0 spiro atoms. The quantitative estimate of drug-likeness (QED) is 0.205. The summed E-state index contributed by atoms with van der Waals surface area (Å²) >= 11 is 0. The van der Waals surface area contributed by atoms with Gasteiger partial charge < -0.3 is 14.0 Å². The summed E-state index contributed by atoms with van der Waals surface area (Å²) in [5, 5.41) is 0. The van der Waals surface area contributed by atoms with Gasteiger partial charge in [-0.3, -0.25) is 4.99 Å². The lowest BCUT2D eigenvalue weighted by atomic mass is 9.83. The van der Waals surface area contributed by atoms with Crippen LogP contribution in [0.2, 0.25) is 0 Å². The summed E-state index contributed by atoms with van der Waals surface area (Å²) in [5.74, 6) is 3.33. The molecule has 0 N–H and O–H groups in total. The first-order valence-corrected chi connectivity index (χ1v) is 15.7. The van der Waals surface area contributed by atoms with Gasteiger partial charge in [-0.05, 0) is 91.5 Å². The minimum Gasteiger partial charge on any atom is -0.329 e. The monoisotopic (exact) mass is 590 g/mol. The first-order chi connectivity index (χ1) is 21.9. The maximum Gasteiger partial charge on any atom is 0.110 e. The highest BCUT2D eigenvalue weighted by atomic mass is 15.2. The van der Waals surface area contributed by atoms with Crippen molar-refractivity contribution in [1.29, 1.82) is 0 Å². The van der Waals surface area contributed by atoms with E-state index in [1.807, 2.05) is 25.5 Å². The molecule has 224 valence electrons. The molecule has 7 rings (SSSR count). The lowest BCUT2D eigenvalue weighted by Gasteiger charge is -2.28. The second-order valence-corrected chi connectivity index (χ2v) is 12.0. The summed E-state index contributed by atoms with van der Waals surface area (Å²) in [6, 6.07) is 17.8. The number of hydrogen-bond donors (Lipinski definition) is 0. The van der Waals surface area contributed by atoms with Crippen molar-refractivity contribution in [1.82, 2.24) is 19.1 Å². The Balaban J connectivity index is 1.28. The van der Waals surface area contributed by atoms with Gasteiger partial charge in [0.1, 0.15) is 17.5 Å². The molecule has 2 atom stereocenters. The highest BCUT2D eigenvalue weighted by Crippen LogP contribution is 2.37. The van der Waals surface area contributed by atoms with E-state index >= 15 is 0 Å². The Morgan fingerprint density at radius 2 is 1.73 bits per heavy atom. The van der Waals surface area contributed by atoms with Crippen LogP contribution in [-0.4, -0.2) is 38.0 Å². The first-order valence-electron chi connectivity index (χ1n) is 15.7. The van der Waals surface area contributed by atoms with Crippen LogP contribution in [0.25, 0.3) is 11.3 Å². The van der Waals surface area contributed by atoms with Crippen LogP contribution in [0.4, 0.5) is 5.69 Å². The molecule has 2 aromatic heterocycles. The molecule has 3 aliphatic rings. The zero-order chi connectivity index (χ0) is 30.9. The van der Waals surface area contributed by atoms with E-state index in [1.54, 1.807) is 0 Å². The third-order valence-electron chi connectivity index (χ3n) is 9.10. The molecule has 3 heterocycles. The number of anilines is 1. The number of amidine groups is 1. The predicted octanol–water partition coefficient (Wildman–Crippen LogP) is 7.95. The lowest BCUT2D eigenvalue weighted by molar-refractivity contribution is 0.461. The highest BCUT2D eigenvalue weighted by Gasteiger charge is 2.25. The number of nitrogens with zero attached hydrogens (tertiary/aromatic N) is 6. The molecule has 1 aliphatic heterocycles. The van der Waals surface area contributed by atoms with Crippen LogP contribution >= 0.6 is 0 Å². The van der Waals surface area contributed by atoms with Crippen molar-refractivity contribution in [2.24, 2.45) is 10.9 Å². The standard InChI is InChI=1S/C39H38N6/c1-27-38(12-7-13-39(27)45-21-18-42-30(45)4)35-15-14-34(33-9-6-11-37(26-33)44-20-17-41-29(44)3)23-32(24-35)22-31-8-5-10-36(25-31)43-19-16-40-28(43)2/h5-14,16,18-19,21,23-27,39H,17,20,22H2,1-4H3. The van der Waals surface area contributed by atoms with Crippen molar-refractivity contribution in [3.05, 3.63) is 155 Å². The van der Waals surface area contributed by atoms with Gasteiger partial charge >= 0.3 is 0 Å². The lowest BCUT2D eigenvalue weighted by Crippen LogP contribution is -2.24. The van der Waals surface area contributed by atoms with Gasteiger partial charge in [0.05, 0.1) is 12.6 Å². The van der Waals surface area contributed by atoms with E-state index in [2.05, 4.69) is 147 Å². The minimum atomic E-state index is 0.200. The molecule has 0 saturated heterocycles. The van der Waals surface area contributed by atoms with Crippen LogP contribution in [0.15, 0.2) is 137 Å². The summed E-state index contributed by atoms with van der Waals surface area (Å²) in [5.41, 5.74) is 13.2. The van der Waals surface area contributed by atoms with Crippen molar-refractivity contribution in [2.45, 2.75) is 40.2 Å². The fraction of sp³-hybridized carbons (Fsp3) is 0.231. The van der Waals surface area contributed by atoms with Crippen LogP contribution in [-0.2, 0) is 6.42 Å². The Kier molecular flexibility index (Phi) is 7.66. The van der Waals surface area contributed by atoms with Crippen molar-refractivity contribution >= 4 is 17.1 Å². The maximum absolute atomic E-state index is 4.61. The molecule has 2 unspecified atom stereocenters. The SMILES string of the molecule is CC1=NCCN1c1cccc(C2=CC(Cc3cccc(-n4ccnc4C)c3)=CC(C3=CC=CC(n4ccnc4C)C3C)=C=C2)c1. The van der Waals surface area contributed by atoms with E-state index in [-0.39, 0.29) is 12.0 Å². The fourth-order valence-corrected chi connectivity index (χ4v) is 6.68. The van der Waals surface area contributed by atoms with E-state index < -0.39 is 0 Å². The summed E-state index contributed by atoms with van der Waals surface area (Å²) in [7, 11) is 0. The average molecular weight is 591 g/mol. The van der Waals surface area contributed by atoms with Gasteiger partial charge in [0.15, 0.2) is 0 Å². The Bertz CT molecular complexity index is 1980. The molecule has 0 fully saturated rings. The molecule has 0 bridgehead atoms. The third kappa shape index (κ3) is 5.73. The van der Waals surface area contributed by atoms with Gasteiger partial charge in [-0.2, -0.15) is 0 Å². The molecular formula is C39H38N6. The fourth-order valence-electron chi connectivity index (χ4n) is 6.68. The van der Waals surface area contributed by atoms with E-state index in [0.29, 0.717) is 0 Å². The topological polar surface area (TPSA) is 51.2 Å². The molecule has 6 nitrogen and oxygen atoms in total. The Labute approximate surface area is 265 Å². The second-order valence-electron chi connectivity index (χ2n) is 12.0. The molecule has 4 aromatic rings. The van der Waals surface area contributed by atoms with Crippen LogP contribution in [0.5, 0.6) is 0 Å². The molecule has 0 saturated carbocycles. The van der Waals surface area contributed by atoms with Crippen molar-refractivity contribution in [3.63, 3.8) is 0 Å². The number of imidazole rings is 2. The summed E-state index contributed by atoms with van der Waals surface area (Å²) in [6.07, 6.45) is 22.2. The molecular weight excluding hydrogens is 552 g/mol. The zero-order valence-electron chi connectivity index (χ0n) is 26.4. The number of rotatable bonds is 7. The average Bonchev–Trinajstić information content (AvgIpc) is 3.76.